The van der Waals surface area contributed by atoms with E-state index in [1.807, 2.05) is 4.90 Å². The van der Waals surface area contributed by atoms with Gasteiger partial charge in [-0.1, -0.05) is 12.1 Å². The quantitative estimate of drug-likeness (QED) is 0.267. The lowest BCUT2D eigenvalue weighted by Crippen LogP contribution is -2.52. The van der Waals surface area contributed by atoms with Crippen LogP contribution in [0.15, 0.2) is 36.4 Å². The topological polar surface area (TPSA) is 74.8 Å². The molecule has 1 amide bonds. The third-order valence-corrected chi connectivity index (χ3v) is 10.8. The highest BCUT2D eigenvalue weighted by Crippen LogP contribution is 2.39. The molecule has 2 aromatic carbocycles. The minimum Gasteiger partial charge on any atom is -0.426 e. The fourth-order valence-corrected chi connectivity index (χ4v) is 7.37. The van der Waals surface area contributed by atoms with Gasteiger partial charge in [0.25, 0.3) is 6.10 Å². The number of aliphatic hydroxyl groups excluding tert-OH is 1. The zero-order valence-corrected chi connectivity index (χ0v) is 34.6. The van der Waals surface area contributed by atoms with Crippen molar-refractivity contribution in [2.24, 2.45) is 0 Å². The summed E-state index contributed by atoms with van der Waals surface area (Å²) in [4.78, 5) is 20.7. The fraction of sp³-hybridized carbons (Fsp3) is 0.667. The lowest BCUT2D eigenvalue weighted by molar-refractivity contribution is -0.309. The molecular weight excluding hydrogens is 942 g/mol. The predicted molar refractivity (Wildman–Crippen MR) is 201 cm³/mol. The summed E-state index contributed by atoms with van der Waals surface area (Å²) in [6.07, 6.45) is -38.0. The number of piperazine rings is 2. The Morgan fingerprint density at radius 2 is 0.894 bits per heavy atom. The first-order valence-corrected chi connectivity index (χ1v) is 20.3. The zero-order chi connectivity index (χ0) is 49.5. The van der Waals surface area contributed by atoms with E-state index >= 15 is 0 Å². The van der Waals surface area contributed by atoms with Gasteiger partial charge in [0.15, 0.2) is 0 Å². The number of halogens is 18. The average Bonchev–Trinajstić information content (AvgIpc) is 3.95. The van der Waals surface area contributed by atoms with Gasteiger partial charge in [-0.15, -0.1) is 0 Å². The van der Waals surface area contributed by atoms with E-state index in [0.29, 0.717) is 24.3 Å². The molecule has 66 heavy (non-hydrogen) atoms. The van der Waals surface area contributed by atoms with Crippen molar-refractivity contribution in [3.63, 3.8) is 0 Å². The zero-order valence-electron chi connectivity index (χ0n) is 34.6. The van der Waals surface area contributed by atoms with Crippen molar-refractivity contribution in [1.29, 1.82) is 0 Å². The minimum atomic E-state index is -5.80. The Bertz CT molecular complexity index is 1810. The minimum absolute atomic E-state index is 0.0955. The standard InChI is InChI=1S/C20H22F9N3O2.C16H22F3N3.C3H2F6O/c21-18(22,23)14-4-3-13(15(11-14)31-5-1-2-6-31)12-30-7-9-32(10-8-30)17(33)34-16(19(24,25)26)20(27,28)29;17-16(18,19)14-4-3-13(12-21-9-5-20-6-10-21)15(11-14)22-7-1-2-8-22;4-2(5,6)1(10)3(7,8)9/h3-4,11,16H,1-2,5-10,12H2;3-4,11,20H,1-2,5-10,12H2;1,10H. The summed E-state index contributed by atoms with van der Waals surface area (Å²) in [5, 5.41) is 10.8. The smallest absolute Gasteiger partial charge is 0.426 e. The van der Waals surface area contributed by atoms with Crippen LogP contribution in [0.1, 0.15) is 47.9 Å². The number of nitrogens with one attached hydrogen (secondary N) is 1. The number of benzene rings is 2. The van der Waals surface area contributed by atoms with Gasteiger partial charge in [-0.05, 0) is 61.1 Å². The summed E-state index contributed by atoms with van der Waals surface area (Å²) in [6.45, 7) is 7.44. The van der Waals surface area contributed by atoms with Crippen LogP contribution in [-0.4, -0.2) is 141 Å². The highest BCUT2D eigenvalue weighted by molar-refractivity contribution is 5.68. The van der Waals surface area contributed by atoms with Gasteiger partial charge in [0.1, 0.15) is 0 Å². The molecule has 0 aromatic heterocycles. The van der Waals surface area contributed by atoms with Crippen LogP contribution in [0.4, 0.5) is 95.2 Å². The Hall–Kier alpha value is -4.11. The van der Waals surface area contributed by atoms with Gasteiger partial charge >= 0.3 is 43.2 Å². The summed E-state index contributed by atoms with van der Waals surface area (Å²) in [6, 6.07) is 7.65. The molecule has 0 saturated carbocycles. The molecule has 0 bridgehead atoms. The highest BCUT2D eigenvalue weighted by atomic mass is 19.4. The van der Waals surface area contributed by atoms with Crippen molar-refractivity contribution in [1.82, 2.24) is 20.0 Å². The number of rotatable bonds is 7. The van der Waals surface area contributed by atoms with Crippen molar-refractivity contribution < 1.29 is 93.7 Å². The largest absolute Gasteiger partial charge is 0.434 e. The van der Waals surface area contributed by atoms with E-state index in [1.54, 1.807) is 11.0 Å². The third kappa shape index (κ3) is 16.0. The lowest BCUT2D eigenvalue weighted by Gasteiger charge is -2.36. The Morgan fingerprint density at radius 3 is 1.21 bits per heavy atom. The lowest BCUT2D eigenvalue weighted by atomic mass is 10.1. The molecular formula is C39H46F18N6O3. The molecule has 0 aliphatic carbocycles. The van der Waals surface area contributed by atoms with E-state index in [9.17, 15) is 83.8 Å². The van der Waals surface area contributed by atoms with Gasteiger partial charge in [0.2, 0.25) is 6.10 Å². The van der Waals surface area contributed by atoms with Crippen LogP contribution in [0.3, 0.4) is 0 Å². The van der Waals surface area contributed by atoms with Gasteiger partial charge in [-0.3, -0.25) is 9.80 Å². The predicted octanol–water partition coefficient (Wildman–Crippen LogP) is 9.24. The summed E-state index contributed by atoms with van der Waals surface area (Å²) in [5.74, 6) is 0. The summed E-state index contributed by atoms with van der Waals surface area (Å²) >= 11 is 0. The number of amides is 1. The second kappa shape index (κ2) is 21.9. The molecule has 0 spiro atoms. The number of carbonyl (C=O) groups is 1. The van der Waals surface area contributed by atoms with E-state index in [4.69, 9.17) is 5.11 Å². The molecule has 0 atom stereocenters. The molecule has 6 rings (SSSR count). The van der Waals surface area contributed by atoms with Gasteiger partial charge in [0.05, 0.1) is 11.1 Å². The summed E-state index contributed by atoms with van der Waals surface area (Å²) in [5.41, 5.74) is 1.50. The SMILES string of the molecule is FC(F)(F)c1ccc(CN2CCNCC2)c(N2CCCC2)c1.O=C(OC(C(F)(F)F)C(F)(F)F)N1CCN(Cc2ccc(C(F)(F)F)cc2N2CCCC2)CC1.OC(C(F)(F)F)C(F)(F)F. The molecule has 4 saturated heterocycles. The molecule has 4 aliphatic heterocycles. The van der Waals surface area contributed by atoms with E-state index < -0.39 is 66.5 Å². The third-order valence-electron chi connectivity index (χ3n) is 10.8. The van der Waals surface area contributed by atoms with Crippen molar-refractivity contribution in [2.75, 3.05) is 88.3 Å². The van der Waals surface area contributed by atoms with Crippen LogP contribution >= 0.6 is 0 Å². The number of carbonyl (C=O) groups excluding carboxylic acids is 1. The van der Waals surface area contributed by atoms with Crippen LogP contribution in [0.2, 0.25) is 0 Å². The molecule has 4 heterocycles. The van der Waals surface area contributed by atoms with Crippen LogP contribution in [0, 0.1) is 0 Å². The van der Waals surface area contributed by atoms with Gasteiger partial charge < -0.3 is 29.9 Å². The molecule has 4 aliphatic rings. The molecule has 0 radical (unpaired) electrons. The van der Waals surface area contributed by atoms with Crippen molar-refractivity contribution >= 4 is 17.5 Å². The highest BCUT2D eigenvalue weighted by Gasteiger charge is 2.60. The van der Waals surface area contributed by atoms with E-state index in [-0.39, 0.29) is 32.7 Å². The number of ether oxygens (including phenoxy) is 1. The maximum atomic E-state index is 13.2. The first kappa shape index (κ1) is 54.5. The number of alkyl halides is 18. The van der Waals surface area contributed by atoms with Crippen molar-refractivity contribution in [3.8, 4) is 0 Å². The summed E-state index contributed by atoms with van der Waals surface area (Å²) < 4.78 is 224. The average molecular weight is 989 g/mol. The Balaban J connectivity index is 0.000000253. The first-order valence-electron chi connectivity index (χ1n) is 20.3. The molecule has 9 nitrogen and oxygen atoms in total. The Kier molecular flexibility index (Phi) is 18.1. The molecule has 2 N–H and O–H groups in total. The second-order valence-electron chi connectivity index (χ2n) is 15.7. The Morgan fingerprint density at radius 1 is 0.530 bits per heavy atom. The second-order valence-corrected chi connectivity index (χ2v) is 15.7. The maximum Gasteiger partial charge on any atom is 0.434 e. The number of hydrogen-bond acceptors (Lipinski definition) is 8. The molecule has 2 aromatic rings. The van der Waals surface area contributed by atoms with Crippen LogP contribution < -0.4 is 15.1 Å². The van der Waals surface area contributed by atoms with E-state index in [2.05, 4.69) is 19.9 Å². The van der Waals surface area contributed by atoms with E-state index in [0.717, 1.165) is 99.8 Å². The van der Waals surface area contributed by atoms with Crippen LogP contribution in [0.5, 0.6) is 0 Å². The maximum absolute atomic E-state index is 13.2. The molecule has 27 heteroatoms. The van der Waals surface area contributed by atoms with Gasteiger partial charge in [-0.25, -0.2) is 4.79 Å². The summed E-state index contributed by atoms with van der Waals surface area (Å²) in [7, 11) is 0. The molecule has 4 fully saturated rings. The van der Waals surface area contributed by atoms with Crippen molar-refractivity contribution in [2.45, 2.75) is 88.0 Å². The number of nitrogens with zero attached hydrogens (tertiary/aromatic N) is 5. The van der Waals surface area contributed by atoms with Gasteiger partial charge in [0, 0.05) is 103 Å². The number of hydrogen-bond donors (Lipinski definition) is 2. The monoisotopic (exact) mass is 988 g/mol. The molecule has 0 unspecified atom stereocenters. The first-order chi connectivity index (χ1) is 30.4. The Labute approximate surface area is 366 Å². The van der Waals surface area contributed by atoms with Gasteiger partial charge in [-0.2, -0.15) is 79.0 Å². The van der Waals surface area contributed by atoms with Crippen LogP contribution in [0.25, 0.3) is 0 Å². The fourth-order valence-electron chi connectivity index (χ4n) is 7.37. The normalized spacial score (nSPS) is 18.7. The van der Waals surface area contributed by atoms with E-state index in [1.165, 1.54) is 18.2 Å². The van der Waals surface area contributed by atoms with Crippen LogP contribution in [-0.2, 0) is 30.2 Å². The molecule has 376 valence electrons. The van der Waals surface area contributed by atoms with Crippen molar-refractivity contribution in [3.05, 3.63) is 58.7 Å². The number of aliphatic hydroxyl groups is 1. The number of anilines is 2.